The van der Waals surface area contributed by atoms with E-state index in [0.29, 0.717) is 31.2 Å². The van der Waals surface area contributed by atoms with Crippen molar-refractivity contribution in [3.63, 3.8) is 0 Å². The van der Waals surface area contributed by atoms with Crippen LogP contribution in [0, 0.1) is 0 Å². The Labute approximate surface area is 175 Å². The smallest absolute Gasteiger partial charge is 0.504 e. The zero-order chi connectivity index (χ0) is 22.3. The summed E-state index contributed by atoms with van der Waals surface area (Å²) in [6, 6.07) is 4.03. The van der Waals surface area contributed by atoms with E-state index in [1.807, 2.05) is 0 Å². The van der Waals surface area contributed by atoms with Gasteiger partial charge >= 0.3 is 6.36 Å². The highest BCUT2D eigenvalue weighted by Crippen LogP contribution is 2.38. The summed E-state index contributed by atoms with van der Waals surface area (Å²) in [5.74, 6) is -1.14. The van der Waals surface area contributed by atoms with Gasteiger partial charge in [0.15, 0.2) is 21.3 Å². The highest BCUT2D eigenvalue weighted by molar-refractivity contribution is 7.91. The number of aryl methyl sites for hydroxylation is 1. The van der Waals surface area contributed by atoms with Crippen LogP contribution in [-0.2, 0) is 16.3 Å². The third kappa shape index (κ3) is 5.49. The molecule has 0 saturated carbocycles. The van der Waals surface area contributed by atoms with Crippen LogP contribution < -0.4 is 4.74 Å². The van der Waals surface area contributed by atoms with E-state index in [-0.39, 0.29) is 10.8 Å². The lowest BCUT2D eigenvalue weighted by Crippen LogP contribution is -2.43. The molecule has 1 atom stereocenters. The topological polar surface area (TPSA) is 66.8 Å². The summed E-state index contributed by atoms with van der Waals surface area (Å²) in [5.41, 5.74) is 2.97. The van der Waals surface area contributed by atoms with Gasteiger partial charge < -0.3 is 9.84 Å². The van der Waals surface area contributed by atoms with Crippen molar-refractivity contribution in [2.45, 2.75) is 63.1 Å². The molecule has 2 aliphatic rings. The number of hydrogen-bond acceptors (Lipinski definition) is 5. The zero-order valence-electron chi connectivity index (χ0n) is 17.4. The Balaban J connectivity index is 1.62. The van der Waals surface area contributed by atoms with Crippen LogP contribution in [0.1, 0.15) is 45.1 Å². The standard InChI is InChI=1S/C21H28F3NO4S/c1-20(2,9-8-14-4-7-18(26)19(10-14)29-21(22,23)24)25-12-15-5-6-17(30(3,27)28)11-16(15)13-25/h4,7,10,17,26H,5-6,8-9,11-13H2,1-3H3. The number of ether oxygens (including phenoxy) is 1. The summed E-state index contributed by atoms with van der Waals surface area (Å²) in [5, 5.41) is 9.31. The molecule has 30 heavy (non-hydrogen) atoms. The first kappa shape index (κ1) is 22.9. The predicted octanol–water partition coefficient (Wildman–Crippen LogP) is 4.21. The number of rotatable bonds is 6. The van der Waals surface area contributed by atoms with Crippen molar-refractivity contribution in [3.05, 3.63) is 34.9 Å². The van der Waals surface area contributed by atoms with E-state index in [9.17, 15) is 26.7 Å². The summed E-state index contributed by atoms with van der Waals surface area (Å²) < 4.78 is 65.2. The first-order valence-corrected chi connectivity index (χ1v) is 11.9. The molecule has 0 amide bonds. The van der Waals surface area contributed by atoms with Gasteiger partial charge in [-0.05, 0) is 63.6 Å². The fourth-order valence-corrected chi connectivity index (χ4v) is 5.29. The van der Waals surface area contributed by atoms with Gasteiger partial charge in [-0.3, -0.25) is 4.90 Å². The maximum atomic E-state index is 12.5. The molecule has 0 fully saturated rings. The largest absolute Gasteiger partial charge is 0.573 e. The number of hydrogen-bond donors (Lipinski definition) is 1. The third-order valence-corrected chi connectivity index (χ3v) is 7.86. The van der Waals surface area contributed by atoms with Gasteiger partial charge in [0.2, 0.25) is 0 Å². The highest BCUT2D eigenvalue weighted by Gasteiger charge is 2.37. The van der Waals surface area contributed by atoms with E-state index in [1.54, 1.807) is 6.07 Å². The van der Waals surface area contributed by atoms with E-state index in [0.717, 1.165) is 19.5 Å². The Morgan fingerprint density at radius 1 is 1.20 bits per heavy atom. The second-order valence-electron chi connectivity index (χ2n) is 8.92. The van der Waals surface area contributed by atoms with Crippen molar-refractivity contribution in [2.75, 3.05) is 19.3 Å². The number of aromatic hydroxyl groups is 1. The molecule has 1 aromatic carbocycles. The molecule has 5 nitrogen and oxygen atoms in total. The van der Waals surface area contributed by atoms with Crippen LogP contribution in [0.2, 0.25) is 0 Å². The number of phenolic OH excluding ortho intramolecular Hbond substituents is 1. The lowest BCUT2D eigenvalue weighted by Gasteiger charge is -2.36. The van der Waals surface area contributed by atoms with Gasteiger partial charge in [0.05, 0.1) is 5.25 Å². The first-order chi connectivity index (χ1) is 13.7. The number of alkyl halides is 3. The van der Waals surface area contributed by atoms with E-state index in [2.05, 4.69) is 23.5 Å². The van der Waals surface area contributed by atoms with Crippen molar-refractivity contribution in [1.29, 1.82) is 0 Å². The summed E-state index contributed by atoms with van der Waals surface area (Å²) >= 11 is 0. The van der Waals surface area contributed by atoms with E-state index < -0.39 is 27.7 Å². The molecule has 0 saturated heterocycles. The lowest BCUT2D eigenvalue weighted by molar-refractivity contribution is -0.275. The van der Waals surface area contributed by atoms with E-state index in [1.165, 1.54) is 29.5 Å². The van der Waals surface area contributed by atoms with Crippen molar-refractivity contribution in [1.82, 2.24) is 4.90 Å². The molecule has 0 spiro atoms. The molecule has 168 valence electrons. The average Bonchev–Trinajstić information content (AvgIpc) is 3.05. The minimum Gasteiger partial charge on any atom is -0.504 e. The number of sulfone groups is 1. The fraction of sp³-hybridized carbons (Fsp3) is 0.619. The Hall–Kier alpha value is -1.74. The first-order valence-electron chi connectivity index (χ1n) is 9.96. The van der Waals surface area contributed by atoms with E-state index in [4.69, 9.17) is 0 Å². The molecule has 0 aromatic heterocycles. The second kappa shape index (κ2) is 8.07. The van der Waals surface area contributed by atoms with Gasteiger partial charge in [-0.15, -0.1) is 13.2 Å². The molecule has 1 aliphatic heterocycles. The van der Waals surface area contributed by atoms with Crippen molar-refractivity contribution < 1.29 is 31.4 Å². The van der Waals surface area contributed by atoms with Gasteiger partial charge in [-0.25, -0.2) is 8.42 Å². The minimum atomic E-state index is -4.86. The second-order valence-corrected chi connectivity index (χ2v) is 11.2. The third-order valence-electron chi connectivity index (χ3n) is 6.24. The Morgan fingerprint density at radius 3 is 2.50 bits per heavy atom. The van der Waals surface area contributed by atoms with Crippen LogP contribution in [0.5, 0.6) is 11.5 Å². The van der Waals surface area contributed by atoms with Gasteiger partial charge in [0.25, 0.3) is 0 Å². The predicted molar refractivity (Wildman–Crippen MR) is 108 cm³/mol. The zero-order valence-corrected chi connectivity index (χ0v) is 18.2. The number of halogens is 3. The van der Waals surface area contributed by atoms with Crippen LogP contribution in [0.3, 0.4) is 0 Å². The lowest BCUT2D eigenvalue weighted by atomic mass is 9.93. The van der Waals surface area contributed by atoms with Gasteiger partial charge in [-0.2, -0.15) is 0 Å². The molecule has 0 bridgehead atoms. The van der Waals surface area contributed by atoms with Crippen LogP contribution in [0.25, 0.3) is 0 Å². The van der Waals surface area contributed by atoms with Crippen molar-refractivity contribution in [2.24, 2.45) is 0 Å². The van der Waals surface area contributed by atoms with Gasteiger partial charge in [0.1, 0.15) is 0 Å². The van der Waals surface area contributed by atoms with Crippen LogP contribution in [0.15, 0.2) is 29.3 Å². The number of benzene rings is 1. The number of phenols is 1. The van der Waals surface area contributed by atoms with Crippen molar-refractivity contribution >= 4 is 9.84 Å². The molecule has 1 aliphatic carbocycles. The Morgan fingerprint density at radius 2 is 1.87 bits per heavy atom. The molecular formula is C21H28F3NO4S. The summed E-state index contributed by atoms with van der Waals surface area (Å²) in [4.78, 5) is 2.32. The molecule has 1 unspecified atom stereocenters. The molecule has 1 heterocycles. The van der Waals surface area contributed by atoms with Gasteiger partial charge in [-0.1, -0.05) is 17.2 Å². The molecule has 9 heteroatoms. The molecule has 0 radical (unpaired) electrons. The molecule has 3 rings (SSSR count). The van der Waals surface area contributed by atoms with Crippen molar-refractivity contribution in [3.8, 4) is 11.5 Å². The SMILES string of the molecule is CC(C)(CCc1ccc(O)c(OC(F)(F)F)c1)N1CC2=C(CC(S(C)(=O)=O)CC2)C1. The number of nitrogens with zero attached hydrogens (tertiary/aromatic N) is 1. The van der Waals surface area contributed by atoms with Crippen LogP contribution in [0.4, 0.5) is 13.2 Å². The summed E-state index contributed by atoms with van der Waals surface area (Å²) in [6.07, 6.45) is -0.282. The summed E-state index contributed by atoms with van der Waals surface area (Å²) in [7, 11) is -3.05. The van der Waals surface area contributed by atoms with Crippen LogP contribution >= 0.6 is 0 Å². The normalized spacial score (nSPS) is 21.1. The molecular weight excluding hydrogens is 419 g/mol. The highest BCUT2D eigenvalue weighted by atomic mass is 32.2. The Kier molecular flexibility index (Phi) is 6.17. The quantitative estimate of drug-likeness (QED) is 0.662. The summed E-state index contributed by atoms with van der Waals surface area (Å²) in [6.45, 7) is 5.71. The molecule has 1 aromatic rings. The van der Waals surface area contributed by atoms with Crippen LogP contribution in [-0.4, -0.2) is 54.9 Å². The fourth-order valence-electron chi connectivity index (χ4n) is 4.24. The monoisotopic (exact) mass is 447 g/mol. The molecule has 1 N–H and O–H groups in total. The van der Waals surface area contributed by atoms with Gasteiger partial charge in [0, 0.05) is 24.9 Å². The average molecular weight is 448 g/mol. The minimum absolute atomic E-state index is 0.221. The maximum absolute atomic E-state index is 12.5. The Bertz CT molecular complexity index is 938. The maximum Gasteiger partial charge on any atom is 0.573 e. The van der Waals surface area contributed by atoms with E-state index >= 15 is 0 Å².